The lowest BCUT2D eigenvalue weighted by molar-refractivity contribution is -0.384. The van der Waals surface area contributed by atoms with Gasteiger partial charge in [-0.3, -0.25) is 14.8 Å². The Morgan fingerprint density at radius 3 is 2.76 bits per heavy atom. The van der Waals surface area contributed by atoms with Gasteiger partial charge >= 0.3 is 11.7 Å². The van der Waals surface area contributed by atoms with E-state index in [0.717, 1.165) is 0 Å². The zero-order valence-electron chi connectivity index (χ0n) is 9.82. The van der Waals surface area contributed by atoms with Crippen LogP contribution in [0.2, 0.25) is 0 Å². The molecule has 0 bridgehead atoms. The smallest absolute Gasteiger partial charge is 0.330 e. The van der Waals surface area contributed by atoms with E-state index in [9.17, 15) is 14.9 Å². The van der Waals surface area contributed by atoms with Crippen molar-refractivity contribution >= 4 is 17.5 Å². The van der Waals surface area contributed by atoms with Crippen molar-refractivity contribution in [3.63, 3.8) is 0 Å². The van der Waals surface area contributed by atoms with Crippen LogP contribution in [0.1, 0.15) is 13.3 Å². The van der Waals surface area contributed by atoms with Crippen molar-refractivity contribution in [2.75, 3.05) is 11.9 Å². The van der Waals surface area contributed by atoms with E-state index in [0.29, 0.717) is 6.42 Å². The van der Waals surface area contributed by atoms with E-state index in [1.165, 1.54) is 22.8 Å². The quantitative estimate of drug-likeness (QED) is 0.600. The summed E-state index contributed by atoms with van der Waals surface area (Å²) in [6.45, 7) is 1.70. The second-order valence-electron chi connectivity index (χ2n) is 3.64. The van der Waals surface area contributed by atoms with Crippen molar-refractivity contribution < 1.29 is 14.8 Å². The van der Waals surface area contributed by atoms with Gasteiger partial charge in [0.2, 0.25) is 5.82 Å². The van der Waals surface area contributed by atoms with E-state index in [4.69, 9.17) is 5.11 Å². The molecule has 1 atom stereocenters. The van der Waals surface area contributed by atoms with Gasteiger partial charge in [0.05, 0.1) is 4.92 Å². The fourth-order valence-corrected chi connectivity index (χ4v) is 1.61. The molecule has 0 saturated carbocycles. The maximum Gasteiger partial charge on any atom is 0.330 e. The third kappa shape index (κ3) is 2.52. The van der Waals surface area contributed by atoms with Crippen LogP contribution in [0.25, 0.3) is 0 Å². The molecular formula is C9H14N4O4. The first kappa shape index (κ1) is 12.9. The minimum absolute atomic E-state index is 0.0618. The molecule has 1 heterocycles. The molecule has 1 aromatic heterocycles. The van der Waals surface area contributed by atoms with Crippen LogP contribution in [0, 0.1) is 10.1 Å². The average molecular weight is 242 g/mol. The minimum atomic E-state index is -1.03. The molecule has 0 saturated heterocycles. The highest BCUT2D eigenvalue weighted by Crippen LogP contribution is 2.26. The molecule has 0 aliphatic heterocycles. The van der Waals surface area contributed by atoms with Crippen molar-refractivity contribution in [2.24, 2.45) is 7.05 Å². The van der Waals surface area contributed by atoms with Gasteiger partial charge in [0, 0.05) is 14.1 Å². The molecule has 1 rings (SSSR count). The van der Waals surface area contributed by atoms with E-state index in [1.54, 1.807) is 14.0 Å². The number of aliphatic carboxylic acids is 1. The Kier molecular flexibility index (Phi) is 3.66. The summed E-state index contributed by atoms with van der Waals surface area (Å²) >= 11 is 0. The molecule has 17 heavy (non-hydrogen) atoms. The summed E-state index contributed by atoms with van der Waals surface area (Å²) in [5, 5.41) is 23.7. The zero-order chi connectivity index (χ0) is 13.2. The maximum absolute atomic E-state index is 11.0. The number of carboxylic acids is 1. The first-order valence-corrected chi connectivity index (χ1v) is 5.02. The molecule has 0 amide bonds. The minimum Gasteiger partial charge on any atom is -0.480 e. The highest BCUT2D eigenvalue weighted by molar-refractivity contribution is 5.78. The number of carbonyl (C=O) groups is 1. The monoisotopic (exact) mass is 242 g/mol. The van der Waals surface area contributed by atoms with Crippen LogP contribution in [0.3, 0.4) is 0 Å². The van der Waals surface area contributed by atoms with Gasteiger partial charge < -0.3 is 10.0 Å². The van der Waals surface area contributed by atoms with Crippen LogP contribution in [0.15, 0.2) is 6.20 Å². The normalized spacial score (nSPS) is 12.2. The first-order valence-electron chi connectivity index (χ1n) is 5.02. The molecule has 8 nitrogen and oxygen atoms in total. The summed E-state index contributed by atoms with van der Waals surface area (Å²) in [4.78, 5) is 22.5. The molecule has 0 radical (unpaired) electrons. The van der Waals surface area contributed by atoms with Gasteiger partial charge in [-0.2, -0.15) is 0 Å². The number of aromatic nitrogens is 2. The Labute approximate surface area is 97.6 Å². The van der Waals surface area contributed by atoms with Crippen molar-refractivity contribution in [3.8, 4) is 0 Å². The van der Waals surface area contributed by atoms with Crippen LogP contribution in [-0.4, -0.2) is 38.9 Å². The number of anilines is 1. The first-order chi connectivity index (χ1) is 7.88. The van der Waals surface area contributed by atoms with Gasteiger partial charge in [0.15, 0.2) is 0 Å². The lowest BCUT2D eigenvalue weighted by Gasteiger charge is -2.22. The third-order valence-corrected chi connectivity index (χ3v) is 2.46. The van der Waals surface area contributed by atoms with Crippen LogP contribution in [0.5, 0.6) is 0 Å². The zero-order valence-corrected chi connectivity index (χ0v) is 9.82. The Balaban J connectivity index is 3.14. The van der Waals surface area contributed by atoms with E-state index in [2.05, 4.69) is 5.10 Å². The molecule has 1 unspecified atom stereocenters. The number of nitro groups is 1. The molecule has 1 N–H and O–H groups in total. The highest BCUT2D eigenvalue weighted by Gasteiger charge is 2.29. The molecule has 0 aliphatic carbocycles. The topological polar surface area (TPSA) is 102 Å². The molecular weight excluding hydrogens is 228 g/mol. The number of hydrogen-bond donors (Lipinski definition) is 1. The van der Waals surface area contributed by atoms with Gasteiger partial charge in [-0.25, -0.2) is 4.79 Å². The SMILES string of the molecule is CCC(C(=O)O)N(C)c1nn(C)cc1[N+](=O)[O-]. The van der Waals surface area contributed by atoms with Crippen LogP contribution in [-0.2, 0) is 11.8 Å². The molecule has 94 valence electrons. The molecule has 0 aliphatic rings. The van der Waals surface area contributed by atoms with Crippen molar-refractivity contribution in [1.29, 1.82) is 0 Å². The Morgan fingerprint density at radius 1 is 1.76 bits per heavy atom. The van der Waals surface area contributed by atoms with Gasteiger partial charge in [0.25, 0.3) is 0 Å². The highest BCUT2D eigenvalue weighted by atomic mass is 16.6. The van der Waals surface area contributed by atoms with Gasteiger partial charge in [-0.1, -0.05) is 6.92 Å². The molecule has 0 fully saturated rings. The number of likely N-dealkylation sites (N-methyl/N-ethyl adjacent to an activating group) is 1. The number of hydrogen-bond acceptors (Lipinski definition) is 5. The van der Waals surface area contributed by atoms with Crippen LogP contribution >= 0.6 is 0 Å². The Hall–Kier alpha value is -2.12. The maximum atomic E-state index is 11.0. The number of aryl methyl sites for hydroxylation is 1. The molecule has 8 heteroatoms. The summed E-state index contributed by atoms with van der Waals surface area (Å²) in [5.74, 6) is -0.971. The summed E-state index contributed by atoms with van der Waals surface area (Å²) < 4.78 is 1.29. The summed E-state index contributed by atoms with van der Waals surface area (Å²) in [5.41, 5.74) is -0.199. The average Bonchev–Trinajstić information content (AvgIpc) is 2.60. The lowest BCUT2D eigenvalue weighted by atomic mass is 10.2. The molecule has 1 aromatic rings. The Bertz CT molecular complexity index is 442. The molecule has 0 spiro atoms. The largest absolute Gasteiger partial charge is 0.480 e. The van der Waals surface area contributed by atoms with Crippen LogP contribution in [0.4, 0.5) is 11.5 Å². The van der Waals surface area contributed by atoms with E-state index in [-0.39, 0.29) is 11.5 Å². The van der Waals surface area contributed by atoms with Gasteiger partial charge in [-0.05, 0) is 6.42 Å². The fraction of sp³-hybridized carbons (Fsp3) is 0.556. The Morgan fingerprint density at radius 2 is 2.35 bits per heavy atom. The third-order valence-electron chi connectivity index (χ3n) is 2.46. The summed E-state index contributed by atoms with van der Waals surface area (Å²) in [6.07, 6.45) is 1.58. The predicted octanol–water partition coefficient (Wildman–Crippen LogP) is 0.628. The van der Waals surface area contributed by atoms with Gasteiger partial charge in [-0.15, -0.1) is 5.10 Å². The second-order valence-corrected chi connectivity index (χ2v) is 3.64. The van der Waals surface area contributed by atoms with E-state index in [1.807, 2.05) is 0 Å². The van der Waals surface area contributed by atoms with Gasteiger partial charge in [0.1, 0.15) is 12.2 Å². The predicted molar refractivity (Wildman–Crippen MR) is 60.0 cm³/mol. The number of rotatable bonds is 5. The van der Waals surface area contributed by atoms with Crippen molar-refractivity contribution in [2.45, 2.75) is 19.4 Å². The van der Waals surface area contributed by atoms with E-state index < -0.39 is 16.9 Å². The molecule has 0 aromatic carbocycles. The second kappa shape index (κ2) is 4.81. The summed E-state index contributed by atoms with van der Waals surface area (Å²) in [7, 11) is 3.03. The van der Waals surface area contributed by atoms with Crippen LogP contribution < -0.4 is 4.90 Å². The summed E-state index contributed by atoms with van der Waals surface area (Å²) in [6, 6.07) is -0.830. The van der Waals surface area contributed by atoms with Crippen molar-refractivity contribution in [3.05, 3.63) is 16.3 Å². The lowest BCUT2D eigenvalue weighted by Crippen LogP contribution is -2.38. The standard InChI is InChI=1S/C9H14N4O4/c1-4-6(9(14)15)12(3)8-7(13(16)17)5-11(2)10-8/h5-6H,4H2,1-3H3,(H,14,15). The number of nitrogens with zero attached hydrogens (tertiary/aromatic N) is 4. The number of carboxylic acid groups (broad SMARTS) is 1. The van der Waals surface area contributed by atoms with Crippen molar-refractivity contribution in [1.82, 2.24) is 9.78 Å². The fourth-order valence-electron chi connectivity index (χ4n) is 1.61. The van der Waals surface area contributed by atoms with E-state index >= 15 is 0 Å².